The number of phosphoric acid groups is 1. The lowest BCUT2D eigenvalue weighted by Crippen LogP contribution is -2.46. The molecule has 0 radical (unpaired) electrons. The molecule has 0 saturated carbocycles. The summed E-state index contributed by atoms with van der Waals surface area (Å²) in [4.78, 5) is 54.3. The second-order valence-electron chi connectivity index (χ2n) is 16.8. The van der Waals surface area contributed by atoms with Crippen molar-refractivity contribution in [1.82, 2.24) is 43.9 Å². The highest BCUT2D eigenvalue weighted by Crippen LogP contribution is 2.46. The molecule has 20 nitrogen and oxygen atoms in total. The normalized spacial score (nSPS) is 24.5. The summed E-state index contributed by atoms with van der Waals surface area (Å²) >= 11 is 0. The second kappa shape index (κ2) is 24.0. The number of nitrogens with two attached hydrogens (primary N) is 2. The van der Waals surface area contributed by atoms with Gasteiger partial charge in [-0.15, -0.1) is 0 Å². The number of aromatic nitrogens is 8. The average molecular weight is 919 g/mol. The standard InChI is InChI=1S/C42H67FN11O9P/c1-5-6-7-8-9-10-11-12-13-14-15-16-17-18-19-20-52(31(55)21-28-30(23-58-2)62-41(32(28)43)53-26-50-33-37(44)46-24-48-39(33)53)22-29-35(63-64(56,57)60-4)36(59-3)42(61-29)54-27-51-34-38(45)47-25-49-40(34)54/h24-30,32,35-36,41-42H,5-23H2,1-4H3,(H,56,57)(H2,44,46,48)(H2,45,47,49)/p-1/t28-,29-,30-,32-,35-,36-,41-,42-/m1/s1. The minimum absolute atomic E-state index is 0.0131. The van der Waals surface area contributed by atoms with Gasteiger partial charge in [-0.05, 0) is 6.42 Å². The number of rotatable bonds is 28. The number of unbranched alkanes of at least 4 members (excludes halogenated alkanes) is 14. The molecule has 9 atom stereocenters. The Kier molecular flexibility index (Phi) is 18.6. The number of fused-ring (bicyclic) bond motifs is 2. The van der Waals surface area contributed by atoms with Crippen molar-refractivity contribution >= 4 is 47.7 Å². The summed E-state index contributed by atoms with van der Waals surface area (Å²) in [6.45, 7) is 2.41. The highest BCUT2D eigenvalue weighted by Gasteiger charge is 2.51. The van der Waals surface area contributed by atoms with Crippen LogP contribution in [0.1, 0.15) is 122 Å². The minimum Gasteiger partial charge on any atom is -0.756 e. The Bertz CT molecular complexity index is 2120. The topological polar surface area (TPSA) is 255 Å². The van der Waals surface area contributed by atoms with Crippen LogP contribution in [0.2, 0.25) is 0 Å². The molecule has 2 aliphatic rings. The molecule has 0 spiro atoms. The Morgan fingerprint density at radius 2 is 1.28 bits per heavy atom. The summed E-state index contributed by atoms with van der Waals surface area (Å²) in [5, 5.41) is 0. The zero-order valence-electron chi connectivity index (χ0n) is 37.5. The molecule has 4 aromatic heterocycles. The van der Waals surface area contributed by atoms with Gasteiger partial charge in [-0.25, -0.2) is 34.3 Å². The van der Waals surface area contributed by atoms with Gasteiger partial charge in [-0.3, -0.25) is 18.5 Å². The smallest absolute Gasteiger partial charge is 0.268 e. The van der Waals surface area contributed by atoms with Gasteiger partial charge in [0.25, 0.3) is 7.82 Å². The van der Waals surface area contributed by atoms with Crippen LogP contribution in [0.3, 0.4) is 0 Å². The Balaban J connectivity index is 1.16. The van der Waals surface area contributed by atoms with Crippen molar-refractivity contribution in [2.75, 3.05) is 52.5 Å². The number of amides is 1. The number of nitrogen functional groups attached to an aromatic ring is 2. The molecular formula is C42H66FN11O9P-. The van der Waals surface area contributed by atoms with Crippen LogP contribution < -0.4 is 16.4 Å². The first kappa shape index (κ1) is 49.5. The van der Waals surface area contributed by atoms with Crippen LogP contribution in [-0.4, -0.2) is 121 Å². The zero-order valence-corrected chi connectivity index (χ0v) is 38.4. The van der Waals surface area contributed by atoms with Gasteiger partial charge >= 0.3 is 0 Å². The quantitative estimate of drug-likeness (QED) is 0.0502. The van der Waals surface area contributed by atoms with Crippen LogP contribution in [0.25, 0.3) is 22.3 Å². The fraction of sp³-hybridized carbons (Fsp3) is 0.738. The van der Waals surface area contributed by atoms with E-state index in [0.717, 1.165) is 32.8 Å². The first-order valence-corrected chi connectivity index (χ1v) is 24.1. The van der Waals surface area contributed by atoms with Crippen molar-refractivity contribution in [1.29, 1.82) is 0 Å². The summed E-state index contributed by atoms with van der Waals surface area (Å²) in [6, 6.07) is 0. The number of carbonyl (C=O) groups is 1. The number of nitrogens with zero attached hydrogens (tertiary/aromatic N) is 9. The van der Waals surface area contributed by atoms with Gasteiger partial charge in [0.1, 0.15) is 42.0 Å². The Hall–Kier alpha value is -3.95. The van der Waals surface area contributed by atoms with Gasteiger partial charge < -0.3 is 49.3 Å². The SMILES string of the molecule is CCCCCCCCCCCCCCCCCN(C[C@H]1O[C@@H](n2cnc3c(N)ncnc32)[C@H](OC)[C@@H]1OP(=O)([O-])OC)C(=O)C[C@H]1[C@@H](F)[C@H](n2cnc3c(N)ncnc32)O[C@@H]1COC. The lowest BCUT2D eigenvalue weighted by Gasteiger charge is -2.32. The van der Waals surface area contributed by atoms with Crippen molar-refractivity contribution in [3.63, 3.8) is 0 Å². The molecule has 356 valence electrons. The molecule has 6 heterocycles. The number of halogens is 1. The molecule has 0 bridgehead atoms. The molecule has 1 amide bonds. The molecule has 2 fully saturated rings. The number of carbonyl (C=O) groups excluding carboxylic acids is 1. The molecular weight excluding hydrogens is 853 g/mol. The van der Waals surface area contributed by atoms with Crippen LogP contribution in [0.15, 0.2) is 25.3 Å². The number of hydrogen-bond donors (Lipinski definition) is 2. The van der Waals surface area contributed by atoms with E-state index in [0.29, 0.717) is 23.1 Å². The number of alkyl halides is 1. The third-order valence-corrected chi connectivity index (χ3v) is 13.3. The van der Waals surface area contributed by atoms with Gasteiger partial charge in [0, 0.05) is 46.8 Å². The number of methoxy groups -OCH3 is 2. The summed E-state index contributed by atoms with van der Waals surface area (Å²) in [5.41, 5.74) is 13.3. The maximum Gasteiger partial charge on any atom is 0.268 e. The third kappa shape index (κ3) is 12.3. The molecule has 0 aliphatic carbocycles. The van der Waals surface area contributed by atoms with E-state index in [4.69, 9.17) is 39.5 Å². The van der Waals surface area contributed by atoms with Crippen molar-refractivity contribution < 1.29 is 46.6 Å². The maximum absolute atomic E-state index is 16.7. The van der Waals surface area contributed by atoms with Crippen LogP contribution >= 0.6 is 7.82 Å². The van der Waals surface area contributed by atoms with Crippen molar-refractivity contribution in [2.45, 2.75) is 153 Å². The minimum atomic E-state index is -4.88. The average Bonchev–Trinajstić information content (AvgIpc) is 4.06. The van der Waals surface area contributed by atoms with Crippen molar-refractivity contribution in [2.24, 2.45) is 5.92 Å². The Labute approximate surface area is 373 Å². The van der Waals surface area contributed by atoms with E-state index >= 15 is 4.39 Å². The lowest BCUT2D eigenvalue weighted by atomic mass is 9.94. The second-order valence-corrected chi connectivity index (χ2v) is 18.2. The monoisotopic (exact) mass is 918 g/mol. The summed E-state index contributed by atoms with van der Waals surface area (Å²) in [5.74, 6) is -1.06. The molecule has 2 saturated heterocycles. The van der Waals surface area contributed by atoms with Gasteiger partial charge in [0.05, 0.1) is 25.4 Å². The molecule has 22 heteroatoms. The highest BCUT2D eigenvalue weighted by molar-refractivity contribution is 7.45. The van der Waals surface area contributed by atoms with Crippen LogP contribution in [-0.2, 0) is 37.4 Å². The summed E-state index contributed by atoms with van der Waals surface area (Å²) in [6.07, 6.45) is 14.7. The van der Waals surface area contributed by atoms with E-state index in [-0.39, 0.29) is 43.4 Å². The molecule has 0 aromatic carbocycles. The van der Waals surface area contributed by atoms with Gasteiger partial charge in [0.15, 0.2) is 41.6 Å². The van der Waals surface area contributed by atoms with E-state index in [1.54, 1.807) is 9.47 Å². The maximum atomic E-state index is 16.7. The van der Waals surface area contributed by atoms with Crippen LogP contribution in [0, 0.1) is 5.92 Å². The number of hydrogen-bond acceptors (Lipinski definition) is 17. The van der Waals surface area contributed by atoms with Gasteiger partial charge in [-0.2, -0.15) is 0 Å². The number of imidazole rings is 2. The first-order valence-electron chi connectivity index (χ1n) is 22.7. The molecule has 1 unspecified atom stereocenters. The summed E-state index contributed by atoms with van der Waals surface area (Å²) in [7, 11) is -1.02. The lowest BCUT2D eigenvalue weighted by molar-refractivity contribution is -0.231. The Morgan fingerprint density at radius 3 is 1.80 bits per heavy atom. The van der Waals surface area contributed by atoms with Gasteiger partial charge in [-0.1, -0.05) is 96.8 Å². The van der Waals surface area contributed by atoms with Crippen molar-refractivity contribution in [3.8, 4) is 0 Å². The zero-order chi connectivity index (χ0) is 45.6. The molecule has 4 N–H and O–H groups in total. The summed E-state index contributed by atoms with van der Waals surface area (Å²) < 4.78 is 67.0. The number of ether oxygens (including phenoxy) is 4. The number of anilines is 2. The fourth-order valence-corrected chi connectivity index (χ4v) is 9.50. The predicted octanol–water partition coefficient (Wildman–Crippen LogP) is 5.83. The van der Waals surface area contributed by atoms with Gasteiger partial charge in [0.2, 0.25) is 5.91 Å². The van der Waals surface area contributed by atoms with E-state index in [2.05, 4.69) is 36.8 Å². The molecule has 2 aliphatic heterocycles. The predicted molar refractivity (Wildman–Crippen MR) is 234 cm³/mol. The van der Waals surface area contributed by atoms with Crippen LogP contribution in [0.5, 0.6) is 0 Å². The fourth-order valence-electron chi connectivity index (χ4n) is 8.86. The third-order valence-electron chi connectivity index (χ3n) is 12.4. The molecule has 64 heavy (non-hydrogen) atoms. The molecule has 4 aromatic rings. The van der Waals surface area contributed by atoms with Crippen LogP contribution in [0.4, 0.5) is 16.0 Å². The highest BCUT2D eigenvalue weighted by atomic mass is 31.2. The van der Waals surface area contributed by atoms with E-state index < -0.39 is 62.7 Å². The van der Waals surface area contributed by atoms with E-state index in [1.807, 2.05) is 0 Å². The number of phosphoric ester groups is 1. The van der Waals surface area contributed by atoms with Crippen molar-refractivity contribution in [3.05, 3.63) is 25.3 Å². The van der Waals surface area contributed by atoms with E-state index in [9.17, 15) is 14.3 Å². The largest absolute Gasteiger partial charge is 0.756 e. The molecule has 6 rings (SSSR count). The first-order chi connectivity index (χ1) is 31.0. The Morgan fingerprint density at radius 1 is 0.766 bits per heavy atom. The van der Waals surface area contributed by atoms with E-state index in [1.165, 1.54) is 108 Å².